The van der Waals surface area contributed by atoms with Gasteiger partial charge in [0, 0.05) is 32.7 Å². The van der Waals surface area contributed by atoms with E-state index >= 15 is 0 Å². The van der Waals surface area contributed by atoms with Gasteiger partial charge in [-0.05, 0) is 32.0 Å². The Kier molecular flexibility index (Phi) is 3.41. The minimum atomic E-state index is 0.0224. The van der Waals surface area contributed by atoms with E-state index in [0.717, 1.165) is 43.9 Å². The molecule has 4 heterocycles. The molecule has 2 saturated heterocycles. The van der Waals surface area contributed by atoms with E-state index in [0.29, 0.717) is 6.04 Å². The molecule has 122 valence electrons. The van der Waals surface area contributed by atoms with Gasteiger partial charge in [-0.1, -0.05) is 0 Å². The van der Waals surface area contributed by atoms with Crippen LogP contribution in [0.5, 0.6) is 0 Å². The highest BCUT2D eigenvalue weighted by atomic mass is 16.2. The third-order valence-electron chi connectivity index (χ3n) is 5.03. The zero-order valence-corrected chi connectivity index (χ0v) is 13.5. The lowest BCUT2D eigenvalue weighted by Gasteiger charge is -2.48. The molecular weight excluding hydrogens is 294 g/mol. The summed E-state index contributed by atoms with van der Waals surface area (Å²) in [4.78, 5) is 18.6. The van der Waals surface area contributed by atoms with Gasteiger partial charge in [0.2, 0.25) is 5.91 Å². The van der Waals surface area contributed by atoms with Crippen LogP contribution < -0.4 is 4.90 Å². The molecule has 0 saturated carbocycles. The molecule has 0 radical (unpaired) electrons. The standard InChI is InChI=1S/C15H21N7O/c1-19-7-3-4-12(15(19)23)20(2)11-8-21(9-11)14-6-5-13-17-16-10-22(13)18-14/h5-6,10-12H,3-4,7-9H2,1-2H3. The van der Waals surface area contributed by atoms with Crippen LogP contribution in [-0.2, 0) is 4.79 Å². The van der Waals surface area contributed by atoms with Crippen molar-refractivity contribution in [2.45, 2.75) is 24.9 Å². The maximum absolute atomic E-state index is 12.3. The molecular formula is C15H21N7O. The highest BCUT2D eigenvalue weighted by molar-refractivity contribution is 5.82. The first-order valence-electron chi connectivity index (χ1n) is 8.02. The second-order valence-corrected chi connectivity index (χ2v) is 6.47. The van der Waals surface area contributed by atoms with Crippen molar-refractivity contribution in [2.75, 3.05) is 38.6 Å². The van der Waals surface area contributed by atoms with Crippen LogP contribution in [0.2, 0.25) is 0 Å². The molecule has 8 nitrogen and oxygen atoms in total. The lowest BCUT2D eigenvalue weighted by Crippen LogP contribution is -2.63. The summed E-state index contributed by atoms with van der Waals surface area (Å²) in [5.41, 5.74) is 0.749. The number of likely N-dealkylation sites (tertiary alicyclic amines) is 1. The summed E-state index contributed by atoms with van der Waals surface area (Å²) in [5, 5.41) is 12.3. The lowest BCUT2D eigenvalue weighted by molar-refractivity contribution is -0.139. The Bertz CT molecular complexity index is 723. The van der Waals surface area contributed by atoms with Crippen molar-refractivity contribution in [1.82, 2.24) is 29.6 Å². The van der Waals surface area contributed by atoms with Crippen LogP contribution in [0.1, 0.15) is 12.8 Å². The van der Waals surface area contributed by atoms with Crippen molar-refractivity contribution in [2.24, 2.45) is 0 Å². The van der Waals surface area contributed by atoms with E-state index in [9.17, 15) is 4.79 Å². The first kappa shape index (κ1) is 14.4. The first-order valence-corrected chi connectivity index (χ1v) is 8.02. The smallest absolute Gasteiger partial charge is 0.239 e. The molecule has 23 heavy (non-hydrogen) atoms. The molecule has 2 aromatic rings. The maximum Gasteiger partial charge on any atom is 0.239 e. The third-order valence-corrected chi connectivity index (χ3v) is 5.03. The molecule has 1 atom stereocenters. The van der Waals surface area contributed by atoms with E-state index < -0.39 is 0 Å². The average Bonchev–Trinajstić information content (AvgIpc) is 2.96. The largest absolute Gasteiger partial charge is 0.352 e. The van der Waals surface area contributed by atoms with E-state index in [2.05, 4.69) is 32.1 Å². The van der Waals surface area contributed by atoms with Gasteiger partial charge in [0.1, 0.15) is 12.1 Å². The zero-order valence-electron chi connectivity index (χ0n) is 13.5. The SMILES string of the molecule is CN1CCCC(N(C)C2CN(c3ccc4nncn4n3)C2)C1=O. The Morgan fingerprint density at radius 1 is 1.30 bits per heavy atom. The van der Waals surface area contributed by atoms with Crippen molar-refractivity contribution in [3.63, 3.8) is 0 Å². The Balaban J connectivity index is 1.41. The number of hydrogen-bond donors (Lipinski definition) is 0. The number of likely N-dealkylation sites (N-methyl/N-ethyl adjacent to an activating group) is 2. The summed E-state index contributed by atoms with van der Waals surface area (Å²) in [6.07, 6.45) is 3.65. The molecule has 2 aliphatic rings. The molecule has 2 aliphatic heterocycles. The van der Waals surface area contributed by atoms with Gasteiger partial charge in [0.15, 0.2) is 5.65 Å². The van der Waals surface area contributed by atoms with E-state index in [4.69, 9.17) is 0 Å². The van der Waals surface area contributed by atoms with Crippen molar-refractivity contribution < 1.29 is 4.79 Å². The number of amides is 1. The van der Waals surface area contributed by atoms with E-state index in [-0.39, 0.29) is 11.9 Å². The summed E-state index contributed by atoms with van der Waals surface area (Å²) in [6.45, 7) is 2.66. The summed E-state index contributed by atoms with van der Waals surface area (Å²) >= 11 is 0. The van der Waals surface area contributed by atoms with Crippen LogP contribution in [0.3, 0.4) is 0 Å². The monoisotopic (exact) mass is 315 g/mol. The van der Waals surface area contributed by atoms with Crippen LogP contribution >= 0.6 is 0 Å². The highest BCUT2D eigenvalue weighted by Crippen LogP contribution is 2.25. The normalized spacial score (nSPS) is 22.9. The molecule has 2 aromatic heterocycles. The second kappa shape index (κ2) is 5.45. The van der Waals surface area contributed by atoms with Gasteiger partial charge in [-0.15, -0.1) is 15.3 Å². The van der Waals surface area contributed by atoms with Gasteiger partial charge < -0.3 is 9.80 Å². The van der Waals surface area contributed by atoms with Crippen LogP contribution in [0, 0.1) is 0 Å². The van der Waals surface area contributed by atoms with Gasteiger partial charge >= 0.3 is 0 Å². The fourth-order valence-electron chi connectivity index (χ4n) is 3.43. The quantitative estimate of drug-likeness (QED) is 0.785. The van der Waals surface area contributed by atoms with Gasteiger partial charge in [-0.3, -0.25) is 9.69 Å². The number of fused-ring (bicyclic) bond motifs is 1. The van der Waals surface area contributed by atoms with Gasteiger partial charge in [-0.2, -0.15) is 4.52 Å². The predicted molar refractivity (Wildman–Crippen MR) is 85.2 cm³/mol. The number of carbonyl (C=O) groups is 1. The van der Waals surface area contributed by atoms with Crippen LogP contribution in [0.4, 0.5) is 5.82 Å². The lowest BCUT2D eigenvalue weighted by atomic mass is 9.99. The second-order valence-electron chi connectivity index (χ2n) is 6.47. The fourth-order valence-corrected chi connectivity index (χ4v) is 3.43. The number of aromatic nitrogens is 4. The number of nitrogens with zero attached hydrogens (tertiary/aromatic N) is 7. The van der Waals surface area contributed by atoms with Crippen molar-refractivity contribution in [3.8, 4) is 0 Å². The van der Waals surface area contributed by atoms with E-state index in [1.165, 1.54) is 0 Å². The first-order chi connectivity index (χ1) is 11.1. The maximum atomic E-state index is 12.3. The molecule has 0 aromatic carbocycles. The van der Waals surface area contributed by atoms with Crippen LogP contribution in [0.15, 0.2) is 18.5 Å². The molecule has 0 N–H and O–H groups in total. The topological polar surface area (TPSA) is 69.9 Å². The molecule has 0 spiro atoms. The number of carbonyl (C=O) groups excluding carboxylic acids is 1. The Labute approximate surface area is 134 Å². The molecule has 1 unspecified atom stereocenters. The van der Waals surface area contributed by atoms with Gasteiger partial charge in [0.05, 0.1) is 6.04 Å². The van der Waals surface area contributed by atoms with Crippen molar-refractivity contribution in [3.05, 3.63) is 18.5 Å². The number of rotatable bonds is 3. The molecule has 4 rings (SSSR count). The minimum absolute atomic E-state index is 0.0224. The Hall–Kier alpha value is -2.22. The highest BCUT2D eigenvalue weighted by Gasteiger charge is 2.38. The molecule has 8 heteroatoms. The fraction of sp³-hybridized carbons (Fsp3) is 0.600. The molecule has 1 amide bonds. The molecule has 0 aliphatic carbocycles. The summed E-state index contributed by atoms with van der Waals surface area (Å²) in [6, 6.07) is 4.31. The number of piperidine rings is 1. The molecule has 0 bridgehead atoms. The summed E-state index contributed by atoms with van der Waals surface area (Å²) in [5.74, 6) is 1.18. The van der Waals surface area contributed by atoms with E-state index in [1.54, 1.807) is 10.8 Å². The summed E-state index contributed by atoms with van der Waals surface area (Å²) < 4.78 is 1.69. The predicted octanol–water partition coefficient (Wildman–Crippen LogP) is -0.135. The number of hydrogen-bond acceptors (Lipinski definition) is 6. The average molecular weight is 315 g/mol. The Morgan fingerprint density at radius 2 is 2.13 bits per heavy atom. The van der Waals surface area contributed by atoms with Crippen LogP contribution in [0.25, 0.3) is 5.65 Å². The van der Waals surface area contributed by atoms with Crippen LogP contribution in [-0.4, -0.2) is 81.3 Å². The molecule has 2 fully saturated rings. The number of anilines is 1. The zero-order chi connectivity index (χ0) is 16.0. The van der Waals surface area contributed by atoms with Crippen molar-refractivity contribution >= 4 is 17.4 Å². The van der Waals surface area contributed by atoms with E-state index in [1.807, 2.05) is 24.1 Å². The minimum Gasteiger partial charge on any atom is -0.352 e. The third kappa shape index (κ3) is 2.42. The summed E-state index contributed by atoms with van der Waals surface area (Å²) in [7, 11) is 3.97. The van der Waals surface area contributed by atoms with Gasteiger partial charge in [0.25, 0.3) is 0 Å². The van der Waals surface area contributed by atoms with Crippen molar-refractivity contribution in [1.29, 1.82) is 0 Å². The van der Waals surface area contributed by atoms with Gasteiger partial charge in [-0.25, -0.2) is 0 Å². The Morgan fingerprint density at radius 3 is 2.96 bits per heavy atom.